The lowest BCUT2D eigenvalue weighted by molar-refractivity contribution is -0.385. The number of benzene rings is 6. The van der Waals surface area contributed by atoms with Gasteiger partial charge < -0.3 is 19.4 Å². The van der Waals surface area contributed by atoms with Gasteiger partial charge in [-0.15, -0.1) is 0 Å². The van der Waals surface area contributed by atoms with E-state index in [0.29, 0.717) is 89.4 Å². The second-order valence-electron chi connectivity index (χ2n) is 18.8. The predicted octanol–water partition coefficient (Wildman–Crippen LogP) is 12.9. The maximum absolute atomic E-state index is 12.2. The highest BCUT2D eigenvalue weighted by Crippen LogP contribution is 2.41. The minimum absolute atomic E-state index is 0.0360. The maximum atomic E-state index is 12.2. The monoisotopic (exact) mass is 900 g/mol. The molecule has 2 aliphatic heterocycles. The van der Waals surface area contributed by atoms with Gasteiger partial charge in [-0.05, 0) is 94.8 Å². The van der Waals surface area contributed by atoms with Crippen LogP contribution in [-0.2, 0) is 10.8 Å². The van der Waals surface area contributed by atoms with Gasteiger partial charge in [-0.2, -0.15) is 0 Å². The van der Waals surface area contributed by atoms with E-state index in [1.807, 2.05) is 84.9 Å². The van der Waals surface area contributed by atoms with E-state index in [0.717, 1.165) is 11.1 Å². The van der Waals surface area contributed by atoms with Gasteiger partial charge in [-0.1, -0.05) is 65.8 Å². The first-order chi connectivity index (χ1) is 32.5. The van der Waals surface area contributed by atoms with Crippen molar-refractivity contribution in [2.24, 2.45) is 0 Å². The van der Waals surface area contributed by atoms with Gasteiger partial charge >= 0.3 is 0 Å². The lowest BCUT2D eigenvalue weighted by Crippen LogP contribution is -2.10. The molecular formula is C52H40N10O6. The predicted molar refractivity (Wildman–Crippen MR) is 260 cm³/mol. The van der Waals surface area contributed by atoms with E-state index >= 15 is 0 Å². The van der Waals surface area contributed by atoms with Crippen molar-refractivity contribution < 1.29 is 19.3 Å². The van der Waals surface area contributed by atoms with Crippen molar-refractivity contribution in [2.45, 2.75) is 52.4 Å². The highest BCUT2D eigenvalue weighted by atomic mass is 16.6. The van der Waals surface area contributed by atoms with Gasteiger partial charge in [0.15, 0.2) is 23.3 Å². The molecule has 0 saturated carbocycles. The average molecular weight is 901 g/mol. The van der Waals surface area contributed by atoms with Crippen LogP contribution >= 0.6 is 0 Å². The zero-order valence-corrected chi connectivity index (χ0v) is 37.6. The summed E-state index contributed by atoms with van der Waals surface area (Å²) in [5.74, 6) is 3.15. The van der Waals surface area contributed by atoms with Crippen LogP contribution < -0.4 is 9.47 Å². The number of nitro benzene ring substituents is 2. The van der Waals surface area contributed by atoms with Crippen molar-refractivity contribution in [2.75, 3.05) is 0 Å². The number of hydrogen-bond donors (Lipinski definition) is 2. The number of nitro groups is 2. The van der Waals surface area contributed by atoms with Crippen LogP contribution in [0.1, 0.15) is 52.7 Å². The standard InChI is InChI=1S/C52H40N10O6/c1-51(2,3)27-7-13-31(14-8-27)67-33-18-22-38-41(25-33)49-57-44-36-20-12-30(62(65)66)24-40(36)48(55-44)60-50-42-26-34(68-32-15-9-28(10-16-32)52(4,5)6)17-21-37(42)45(58-50)53-43-35-19-11-29(61(63)64)23-39(35)47(54-43)56-46(38)59-49/h7-26H,1-6H3,(H2,53,54,55,56,57,58,59,60). The van der Waals surface area contributed by atoms with Crippen molar-refractivity contribution in [1.29, 1.82) is 0 Å². The number of nitrogens with zero attached hydrogens (tertiary/aromatic N) is 8. The van der Waals surface area contributed by atoms with E-state index in [4.69, 9.17) is 39.4 Å². The van der Waals surface area contributed by atoms with Crippen LogP contribution in [0.4, 0.5) is 11.4 Å². The number of ether oxygens (including phenoxy) is 2. The molecule has 68 heavy (non-hydrogen) atoms. The molecule has 0 radical (unpaired) electrons. The fourth-order valence-corrected chi connectivity index (χ4v) is 8.40. The van der Waals surface area contributed by atoms with E-state index in [-0.39, 0.29) is 45.5 Å². The Balaban J connectivity index is 1.17. The minimum Gasteiger partial charge on any atom is -0.457 e. The summed E-state index contributed by atoms with van der Waals surface area (Å²) < 4.78 is 12.7. The summed E-state index contributed by atoms with van der Waals surface area (Å²) in [5, 5.41) is 26.8. The maximum Gasteiger partial charge on any atom is 0.270 e. The van der Waals surface area contributed by atoms with Crippen LogP contribution in [0.3, 0.4) is 0 Å². The zero-order chi connectivity index (χ0) is 47.2. The fraction of sp³-hybridized carbons (Fsp3) is 0.154. The highest BCUT2D eigenvalue weighted by Gasteiger charge is 2.26. The molecule has 0 amide bonds. The first kappa shape index (κ1) is 41.8. The van der Waals surface area contributed by atoms with Gasteiger partial charge in [0.2, 0.25) is 0 Å². The lowest BCUT2D eigenvalue weighted by atomic mass is 9.87. The van der Waals surface area contributed by atoms with Gasteiger partial charge in [0.05, 0.1) is 9.85 Å². The number of rotatable bonds is 6. The molecule has 2 N–H and O–H groups in total. The van der Waals surface area contributed by atoms with Crippen LogP contribution in [-0.4, -0.2) is 49.7 Å². The molecule has 334 valence electrons. The number of hydrogen-bond acceptors (Lipinski definition) is 12. The number of nitrogens with one attached hydrogen (secondary N) is 2. The van der Waals surface area contributed by atoms with E-state index in [2.05, 4.69) is 51.5 Å². The third-order valence-electron chi connectivity index (χ3n) is 12.1. The number of H-pyrrole nitrogens is 2. The Hall–Kier alpha value is -8.92. The molecule has 11 rings (SSSR count). The highest BCUT2D eigenvalue weighted by molar-refractivity contribution is 6.07. The summed E-state index contributed by atoms with van der Waals surface area (Å²) >= 11 is 0. The van der Waals surface area contributed by atoms with Crippen molar-refractivity contribution in [3.63, 3.8) is 0 Å². The summed E-state index contributed by atoms with van der Waals surface area (Å²) in [7, 11) is 0. The topological polar surface area (TPSA) is 214 Å². The van der Waals surface area contributed by atoms with Crippen molar-refractivity contribution in [1.82, 2.24) is 39.9 Å². The van der Waals surface area contributed by atoms with Crippen molar-refractivity contribution in [3.8, 4) is 68.5 Å². The Kier molecular flexibility index (Phi) is 9.42. The third-order valence-corrected chi connectivity index (χ3v) is 12.1. The summed E-state index contributed by atoms with van der Waals surface area (Å²) in [6.07, 6.45) is 0. The molecular weight excluding hydrogens is 861 g/mol. The Morgan fingerprint density at radius 3 is 1.09 bits per heavy atom. The number of fused-ring (bicyclic) bond motifs is 20. The third kappa shape index (κ3) is 7.46. The van der Waals surface area contributed by atoms with Crippen molar-refractivity contribution in [3.05, 3.63) is 153 Å². The summed E-state index contributed by atoms with van der Waals surface area (Å²) in [5.41, 5.74) is 5.21. The molecule has 3 aromatic heterocycles. The number of aromatic amines is 2. The van der Waals surface area contributed by atoms with Crippen LogP contribution in [0.15, 0.2) is 121 Å². The van der Waals surface area contributed by atoms with E-state index in [9.17, 15) is 20.2 Å². The molecule has 0 aliphatic carbocycles. The van der Waals surface area contributed by atoms with Gasteiger partial charge in [0, 0.05) is 68.1 Å². The van der Waals surface area contributed by atoms with Crippen LogP contribution in [0, 0.1) is 20.2 Å². The SMILES string of the molecule is CC(C)(C)c1ccc(Oc2ccc3c4nc5nc(nc6[nH]c(nc7nc(nc([nH]4)c3c2)-c2ccc([N+](=O)[O-])cc2-7)c2cc(Oc3ccc(C(C)(C)C)cc3)ccc62)-c2ccc([N+](=O)[O-])cc2-5)cc1. The summed E-state index contributed by atoms with van der Waals surface area (Å²) in [4.78, 5) is 60.0. The molecule has 9 aromatic rings. The first-order valence-electron chi connectivity index (χ1n) is 21.8. The average Bonchev–Trinajstić information content (AvgIpc) is 4.03. The quantitative estimate of drug-likeness (QED) is 0.118. The molecule has 16 heteroatoms. The van der Waals surface area contributed by atoms with Crippen LogP contribution in [0.25, 0.3) is 89.7 Å². The van der Waals surface area contributed by atoms with E-state index < -0.39 is 9.85 Å². The Morgan fingerprint density at radius 1 is 0.397 bits per heavy atom. The Bertz CT molecular complexity index is 3780. The molecule has 0 atom stereocenters. The normalized spacial score (nSPS) is 12.2. The fourth-order valence-electron chi connectivity index (χ4n) is 8.40. The molecule has 5 heterocycles. The molecule has 2 aliphatic rings. The minimum atomic E-state index is -0.467. The molecule has 0 saturated heterocycles. The Labute approximate surface area is 387 Å². The lowest BCUT2D eigenvalue weighted by Gasteiger charge is -2.19. The number of non-ortho nitro benzene ring substituents is 2. The van der Waals surface area contributed by atoms with E-state index in [1.54, 1.807) is 12.1 Å². The molecule has 0 fully saturated rings. The second kappa shape index (κ2) is 15.3. The van der Waals surface area contributed by atoms with Gasteiger partial charge in [-0.25, -0.2) is 29.9 Å². The molecule has 16 nitrogen and oxygen atoms in total. The largest absolute Gasteiger partial charge is 0.457 e. The summed E-state index contributed by atoms with van der Waals surface area (Å²) in [6, 6.07) is 35.8. The molecule has 0 unspecified atom stereocenters. The Morgan fingerprint density at radius 2 is 0.735 bits per heavy atom. The first-order valence-corrected chi connectivity index (χ1v) is 21.8. The van der Waals surface area contributed by atoms with Crippen LogP contribution in [0.2, 0.25) is 0 Å². The smallest absolute Gasteiger partial charge is 0.270 e. The van der Waals surface area contributed by atoms with E-state index in [1.165, 1.54) is 24.3 Å². The summed E-state index contributed by atoms with van der Waals surface area (Å²) in [6.45, 7) is 12.9. The van der Waals surface area contributed by atoms with Gasteiger partial charge in [0.25, 0.3) is 11.4 Å². The molecule has 8 bridgehead atoms. The second-order valence-corrected chi connectivity index (χ2v) is 18.8. The van der Waals surface area contributed by atoms with Gasteiger partial charge in [0.1, 0.15) is 45.6 Å². The number of aromatic nitrogens is 8. The van der Waals surface area contributed by atoms with Crippen molar-refractivity contribution >= 4 is 55.5 Å². The van der Waals surface area contributed by atoms with Gasteiger partial charge in [-0.3, -0.25) is 20.2 Å². The van der Waals surface area contributed by atoms with Crippen LogP contribution in [0.5, 0.6) is 23.0 Å². The molecule has 6 aromatic carbocycles. The molecule has 0 spiro atoms. The zero-order valence-electron chi connectivity index (χ0n) is 37.6.